The first-order chi connectivity index (χ1) is 9.19. The largest absolute Gasteiger partial charge is 0.343 e. The molecule has 1 heterocycles. The fourth-order valence-electron chi connectivity index (χ4n) is 2.38. The molecule has 1 saturated heterocycles. The Hall–Kier alpha value is -1.10. The van der Waals surface area contributed by atoms with Gasteiger partial charge in [-0.1, -0.05) is 0 Å². The summed E-state index contributed by atoms with van der Waals surface area (Å²) in [4.78, 5) is 27.6. The number of nitrogens with zero attached hydrogens (tertiary/aromatic N) is 2. The molecule has 0 atom stereocenters. The highest BCUT2D eigenvalue weighted by atomic mass is 16.2. The molecule has 5 nitrogen and oxygen atoms in total. The Morgan fingerprint density at radius 2 is 1.84 bits per heavy atom. The van der Waals surface area contributed by atoms with Crippen LogP contribution in [-0.4, -0.2) is 60.9 Å². The van der Waals surface area contributed by atoms with Crippen molar-refractivity contribution in [1.82, 2.24) is 15.1 Å². The Labute approximate surface area is 116 Å². The van der Waals surface area contributed by atoms with Crippen LogP contribution in [0.4, 0.5) is 0 Å². The van der Waals surface area contributed by atoms with Crippen LogP contribution in [-0.2, 0) is 9.59 Å². The van der Waals surface area contributed by atoms with Gasteiger partial charge in [-0.05, 0) is 33.2 Å². The van der Waals surface area contributed by atoms with Crippen LogP contribution in [0.1, 0.15) is 39.5 Å². The van der Waals surface area contributed by atoms with Gasteiger partial charge in [0.1, 0.15) is 0 Å². The highest BCUT2D eigenvalue weighted by Gasteiger charge is 2.16. The summed E-state index contributed by atoms with van der Waals surface area (Å²) in [6, 6.07) is 0. The molecule has 0 saturated carbocycles. The minimum atomic E-state index is 0.162. The van der Waals surface area contributed by atoms with Crippen LogP contribution in [0.3, 0.4) is 0 Å². The van der Waals surface area contributed by atoms with Crippen LogP contribution in [0.2, 0.25) is 0 Å². The van der Waals surface area contributed by atoms with Gasteiger partial charge in [0.25, 0.3) is 0 Å². The molecule has 19 heavy (non-hydrogen) atoms. The predicted octanol–water partition coefficient (Wildman–Crippen LogP) is 0.847. The van der Waals surface area contributed by atoms with Crippen molar-refractivity contribution in [3.8, 4) is 0 Å². The lowest BCUT2D eigenvalue weighted by Gasteiger charge is -2.21. The van der Waals surface area contributed by atoms with Crippen LogP contribution in [0.25, 0.3) is 0 Å². The first-order valence-electron chi connectivity index (χ1n) is 7.45. The number of rotatable bonds is 6. The molecule has 0 unspecified atom stereocenters. The van der Waals surface area contributed by atoms with Crippen molar-refractivity contribution >= 4 is 11.8 Å². The van der Waals surface area contributed by atoms with Crippen molar-refractivity contribution in [3.63, 3.8) is 0 Å². The highest BCUT2D eigenvalue weighted by Crippen LogP contribution is 2.05. The first kappa shape index (κ1) is 16.0. The maximum atomic E-state index is 12.0. The second-order valence-corrected chi connectivity index (χ2v) is 4.90. The van der Waals surface area contributed by atoms with Gasteiger partial charge >= 0.3 is 0 Å². The lowest BCUT2D eigenvalue weighted by atomic mass is 10.2. The lowest BCUT2D eigenvalue weighted by molar-refractivity contribution is -0.132. The molecule has 1 rings (SSSR count). The normalized spacial score (nSPS) is 16.0. The number of carbonyl (C=O) groups is 2. The van der Waals surface area contributed by atoms with Crippen LogP contribution in [0, 0.1) is 0 Å². The van der Waals surface area contributed by atoms with Crippen LogP contribution in [0.15, 0.2) is 0 Å². The quantitative estimate of drug-likeness (QED) is 0.777. The predicted molar refractivity (Wildman–Crippen MR) is 75.8 cm³/mol. The summed E-state index contributed by atoms with van der Waals surface area (Å²) in [6.45, 7) is 8.97. The molecule has 1 N–H and O–H groups in total. The van der Waals surface area contributed by atoms with E-state index >= 15 is 0 Å². The molecule has 0 aliphatic carbocycles. The molecule has 1 aliphatic rings. The topological polar surface area (TPSA) is 52.7 Å². The Morgan fingerprint density at radius 3 is 2.53 bits per heavy atom. The molecule has 0 radical (unpaired) electrons. The summed E-state index contributed by atoms with van der Waals surface area (Å²) in [5, 5.41) is 3.28. The zero-order valence-corrected chi connectivity index (χ0v) is 12.3. The van der Waals surface area contributed by atoms with Gasteiger partial charge < -0.3 is 15.1 Å². The van der Waals surface area contributed by atoms with E-state index in [1.165, 1.54) is 0 Å². The molecule has 0 aromatic carbocycles. The third-order valence-electron chi connectivity index (χ3n) is 3.59. The molecule has 5 heteroatoms. The summed E-state index contributed by atoms with van der Waals surface area (Å²) in [7, 11) is 0. The van der Waals surface area contributed by atoms with Gasteiger partial charge in [-0.15, -0.1) is 0 Å². The Balaban J connectivity index is 2.24. The average molecular weight is 269 g/mol. The molecular formula is C14H27N3O2. The summed E-state index contributed by atoms with van der Waals surface area (Å²) < 4.78 is 0. The highest BCUT2D eigenvalue weighted by molar-refractivity contribution is 5.79. The van der Waals surface area contributed by atoms with Gasteiger partial charge in [0.05, 0.1) is 0 Å². The molecule has 1 aliphatic heterocycles. The van der Waals surface area contributed by atoms with E-state index in [0.717, 1.165) is 45.7 Å². The lowest BCUT2D eigenvalue weighted by Crippen LogP contribution is -2.34. The summed E-state index contributed by atoms with van der Waals surface area (Å²) in [5.74, 6) is 0.353. The van der Waals surface area contributed by atoms with Gasteiger partial charge in [-0.3, -0.25) is 9.59 Å². The maximum absolute atomic E-state index is 12.0. The Morgan fingerprint density at radius 1 is 1.11 bits per heavy atom. The fraction of sp³-hybridized carbons (Fsp3) is 0.857. The van der Waals surface area contributed by atoms with Gasteiger partial charge in [0, 0.05) is 45.6 Å². The first-order valence-corrected chi connectivity index (χ1v) is 7.45. The van der Waals surface area contributed by atoms with Crippen LogP contribution in [0.5, 0.6) is 0 Å². The summed E-state index contributed by atoms with van der Waals surface area (Å²) in [5.41, 5.74) is 0. The van der Waals surface area contributed by atoms with Crippen molar-refractivity contribution in [2.45, 2.75) is 39.5 Å². The van der Waals surface area contributed by atoms with Crippen molar-refractivity contribution in [3.05, 3.63) is 0 Å². The zero-order chi connectivity index (χ0) is 14.1. The minimum Gasteiger partial charge on any atom is -0.343 e. The number of carbonyl (C=O) groups excluding carboxylic acids is 2. The van der Waals surface area contributed by atoms with E-state index in [0.29, 0.717) is 19.3 Å². The van der Waals surface area contributed by atoms with Gasteiger partial charge in [-0.2, -0.15) is 0 Å². The number of amides is 2. The van der Waals surface area contributed by atoms with E-state index in [1.54, 1.807) is 0 Å². The van der Waals surface area contributed by atoms with Crippen molar-refractivity contribution in [1.29, 1.82) is 0 Å². The smallest absolute Gasteiger partial charge is 0.222 e. The zero-order valence-electron chi connectivity index (χ0n) is 12.3. The van der Waals surface area contributed by atoms with Crippen LogP contribution < -0.4 is 5.32 Å². The van der Waals surface area contributed by atoms with E-state index in [9.17, 15) is 9.59 Å². The van der Waals surface area contributed by atoms with E-state index in [-0.39, 0.29) is 11.8 Å². The monoisotopic (exact) mass is 269 g/mol. The van der Waals surface area contributed by atoms with Gasteiger partial charge in [0.2, 0.25) is 11.8 Å². The molecular weight excluding hydrogens is 242 g/mol. The molecule has 0 aromatic heterocycles. The van der Waals surface area contributed by atoms with Crippen molar-refractivity contribution in [2.24, 2.45) is 0 Å². The fourth-order valence-corrected chi connectivity index (χ4v) is 2.38. The van der Waals surface area contributed by atoms with E-state index in [1.807, 2.05) is 23.6 Å². The third-order valence-corrected chi connectivity index (χ3v) is 3.59. The number of hydrogen-bond donors (Lipinski definition) is 1. The molecule has 1 fully saturated rings. The Bertz CT molecular complexity index is 282. The van der Waals surface area contributed by atoms with Gasteiger partial charge in [-0.25, -0.2) is 0 Å². The summed E-state index contributed by atoms with van der Waals surface area (Å²) in [6.07, 6.45) is 2.66. The van der Waals surface area contributed by atoms with E-state index < -0.39 is 0 Å². The third kappa shape index (κ3) is 5.59. The average Bonchev–Trinajstić information content (AvgIpc) is 2.69. The van der Waals surface area contributed by atoms with Crippen molar-refractivity contribution < 1.29 is 9.59 Å². The summed E-state index contributed by atoms with van der Waals surface area (Å²) >= 11 is 0. The molecule has 2 amide bonds. The number of nitrogens with one attached hydrogen (secondary N) is 1. The SMILES string of the molecule is CCN(CC)C(=O)CCCC(=O)N1CCCNCC1. The van der Waals surface area contributed by atoms with Crippen LogP contribution >= 0.6 is 0 Å². The van der Waals surface area contributed by atoms with E-state index in [2.05, 4.69) is 5.32 Å². The minimum absolute atomic E-state index is 0.162. The standard InChI is InChI=1S/C14H27N3O2/c1-3-16(4-2)13(18)7-5-8-14(19)17-11-6-9-15-10-12-17/h15H,3-12H2,1-2H3. The van der Waals surface area contributed by atoms with E-state index in [4.69, 9.17) is 0 Å². The Kier molecular flexibility index (Phi) is 7.48. The van der Waals surface area contributed by atoms with Gasteiger partial charge in [0.15, 0.2) is 0 Å². The molecule has 0 bridgehead atoms. The second kappa shape index (κ2) is 8.91. The molecule has 0 spiro atoms. The molecule has 0 aromatic rings. The molecule has 110 valence electrons. The number of hydrogen-bond acceptors (Lipinski definition) is 3. The second-order valence-electron chi connectivity index (χ2n) is 4.90. The van der Waals surface area contributed by atoms with Crippen molar-refractivity contribution in [2.75, 3.05) is 39.3 Å². The maximum Gasteiger partial charge on any atom is 0.222 e.